The Kier molecular flexibility index (Phi) is 7.95. The molecule has 158 valence electrons. The normalized spacial score (nSPS) is 10.8. The number of benzene rings is 2. The molecular formula is C20H19Cl2FN4O2S. The van der Waals surface area contributed by atoms with Crippen molar-refractivity contribution in [1.82, 2.24) is 20.1 Å². The largest absolute Gasteiger partial charge is 0.486 e. The highest BCUT2D eigenvalue weighted by Crippen LogP contribution is 2.23. The first-order chi connectivity index (χ1) is 14.5. The first-order valence-electron chi connectivity index (χ1n) is 9.10. The second-order valence-corrected chi connectivity index (χ2v) is 7.99. The van der Waals surface area contributed by atoms with E-state index < -0.39 is 5.82 Å². The molecule has 0 atom stereocenters. The Morgan fingerprint density at radius 2 is 1.97 bits per heavy atom. The zero-order chi connectivity index (χ0) is 21.5. The molecule has 0 unspecified atom stereocenters. The Balaban J connectivity index is 1.52. The van der Waals surface area contributed by atoms with Crippen LogP contribution in [0.3, 0.4) is 0 Å². The zero-order valence-electron chi connectivity index (χ0n) is 16.1. The predicted molar refractivity (Wildman–Crippen MR) is 115 cm³/mol. The molecule has 0 aliphatic heterocycles. The summed E-state index contributed by atoms with van der Waals surface area (Å²) in [6.07, 6.45) is 0. The molecule has 0 saturated carbocycles. The van der Waals surface area contributed by atoms with Gasteiger partial charge in [0.2, 0.25) is 5.91 Å². The van der Waals surface area contributed by atoms with E-state index in [1.54, 1.807) is 12.1 Å². The Hall–Kier alpha value is -2.29. The van der Waals surface area contributed by atoms with Gasteiger partial charge in [-0.1, -0.05) is 47.1 Å². The topological polar surface area (TPSA) is 69.0 Å². The average Bonchev–Trinajstić information content (AvgIpc) is 3.14. The van der Waals surface area contributed by atoms with Crippen molar-refractivity contribution in [3.8, 4) is 5.75 Å². The van der Waals surface area contributed by atoms with Gasteiger partial charge in [0.1, 0.15) is 18.2 Å². The molecule has 0 spiro atoms. The lowest BCUT2D eigenvalue weighted by molar-refractivity contribution is -0.118. The molecule has 0 fully saturated rings. The molecule has 6 nitrogen and oxygen atoms in total. The first kappa shape index (κ1) is 22.4. The Morgan fingerprint density at radius 1 is 1.20 bits per heavy atom. The van der Waals surface area contributed by atoms with E-state index in [1.165, 1.54) is 30.0 Å². The van der Waals surface area contributed by atoms with Crippen molar-refractivity contribution in [2.75, 3.05) is 5.75 Å². The number of carbonyl (C=O) groups is 1. The quantitative estimate of drug-likeness (QED) is 0.459. The number of thioether (sulfide) groups is 1. The lowest BCUT2D eigenvalue weighted by Crippen LogP contribution is -2.24. The van der Waals surface area contributed by atoms with Gasteiger partial charge in [0, 0.05) is 24.2 Å². The number of aromatic nitrogens is 3. The molecule has 0 radical (unpaired) electrons. The standard InChI is InChI=1S/C20H19Cl2FN4O2S/c1-2-27-18(11-29-15-7-8-17(23)16(22)9-15)25-26-20(27)30-12-19(28)24-10-13-3-5-14(21)6-4-13/h3-9H,2,10-12H2,1H3,(H,24,28). The summed E-state index contributed by atoms with van der Waals surface area (Å²) in [5.41, 5.74) is 0.967. The third kappa shape index (κ3) is 6.10. The van der Waals surface area contributed by atoms with E-state index in [2.05, 4.69) is 15.5 Å². The summed E-state index contributed by atoms with van der Waals surface area (Å²) in [6, 6.07) is 11.4. The summed E-state index contributed by atoms with van der Waals surface area (Å²) >= 11 is 12.9. The predicted octanol–water partition coefficient (Wildman–Crippen LogP) is 4.73. The molecule has 2 aromatic carbocycles. The molecule has 1 N–H and O–H groups in total. The van der Waals surface area contributed by atoms with E-state index in [0.717, 1.165) is 5.56 Å². The van der Waals surface area contributed by atoms with Crippen LogP contribution < -0.4 is 10.1 Å². The van der Waals surface area contributed by atoms with Gasteiger partial charge < -0.3 is 14.6 Å². The molecule has 1 aromatic heterocycles. The average molecular weight is 469 g/mol. The van der Waals surface area contributed by atoms with Gasteiger partial charge in [0.05, 0.1) is 10.8 Å². The van der Waals surface area contributed by atoms with E-state index in [0.29, 0.717) is 34.8 Å². The van der Waals surface area contributed by atoms with Crippen LogP contribution in [0.5, 0.6) is 5.75 Å². The van der Waals surface area contributed by atoms with Gasteiger partial charge in [-0.3, -0.25) is 4.79 Å². The highest BCUT2D eigenvalue weighted by molar-refractivity contribution is 7.99. The molecule has 30 heavy (non-hydrogen) atoms. The van der Waals surface area contributed by atoms with Crippen molar-refractivity contribution >= 4 is 40.9 Å². The van der Waals surface area contributed by atoms with Crippen LogP contribution in [-0.4, -0.2) is 26.4 Å². The monoisotopic (exact) mass is 468 g/mol. The molecular weight excluding hydrogens is 450 g/mol. The third-order valence-corrected chi connectivity index (χ3v) is 5.61. The van der Waals surface area contributed by atoms with Crippen molar-refractivity contribution in [1.29, 1.82) is 0 Å². The van der Waals surface area contributed by atoms with Crippen molar-refractivity contribution in [3.05, 3.63) is 69.7 Å². The summed E-state index contributed by atoms with van der Waals surface area (Å²) < 4.78 is 20.7. The van der Waals surface area contributed by atoms with Crippen LogP contribution in [-0.2, 0) is 24.5 Å². The van der Waals surface area contributed by atoms with E-state index in [-0.39, 0.29) is 23.3 Å². The van der Waals surface area contributed by atoms with Crippen LogP contribution in [0.4, 0.5) is 4.39 Å². The van der Waals surface area contributed by atoms with Crippen LogP contribution in [0, 0.1) is 5.82 Å². The number of carbonyl (C=O) groups excluding carboxylic acids is 1. The fourth-order valence-corrected chi connectivity index (χ4v) is 3.70. The van der Waals surface area contributed by atoms with Gasteiger partial charge >= 0.3 is 0 Å². The van der Waals surface area contributed by atoms with Crippen molar-refractivity contribution in [2.24, 2.45) is 0 Å². The number of amides is 1. The summed E-state index contributed by atoms with van der Waals surface area (Å²) in [7, 11) is 0. The maximum Gasteiger partial charge on any atom is 0.230 e. The maximum atomic E-state index is 13.2. The Morgan fingerprint density at radius 3 is 2.67 bits per heavy atom. The lowest BCUT2D eigenvalue weighted by Gasteiger charge is -2.09. The summed E-state index contributed by atoms with van der Waals surface area (Å²) in [5.74, 6) is 0.623. The van der Waals surface area contributed by atoms with Crippen molar-refractivity contribution in [3.63, 3.8) is 0 Å². The summed E-state index contributed by atoms with van der Waals surface area (Å²) in [6.45, 7) is 3.14. The van der Waals surface area contributed by atoms with Crippen molar-refractivity contribution < 1.29 is 13.9 Å². The van der Waals surface area contributed by atoms with Crippen LogP contribution in [0.25, 0.3) is 0 Å². The fourth-order valence-electron chi connectivity index (χ4n) is 2.55. The van der Waals surface area contributed by atoms with Crippen LogP contribution in [0.15, 0.2) is 47.6 Å². The van der Waals surface area contributed by atoms with Gasteiger partial charge in [-0.15, -0.1) is 10.2 Å². The first-order valence-corrected chi connectivity index (χ1v) is 10.8. The molecule has 1 amide bonds. The van der Waals surface area contributed by atoms with Crippen molar-refractivity contribution in [2.45, 2.75) is 31.8 Å². The number of hydrogen-bond donors (Lipinski definition) is 1. The van der Waals surface area contributed by atoms with E-state index in [4.69, 9.17) is 27.9 Å². The Bertz CT molecular complexity index is 1010. The number of halogens is 3. The van der Waals surface area contributed by atoms with E-state index >= 15 is 0 Å². The SMILES string of the molecule is CCn1c(COc2ccc(F)c(Cl)c2)nnc1SCC(=O)NCc1ccc(Cl)cc1. The minimum absolute atomic E-state index is 0.00897. The minimum Gasteiger partial charge on any atom is -0.486 e. The highest BCUT2D eigenvalue weighted by Gasteiger charge is 2.14. The molecule has 10 heteroatoms. The van der Waals surface area contributed by atoms with E-state index in [1.807, 2.05) is 23.6 Å². The fraction of sp³-hybridized carbons (Fsp3) is 0.250. The number of hydrogen-bond acceptors (Lipinski definition) is 5. The molecule has 0 aliphatic carbocycles. The van der Waals surface area contributed by atoms with Gasteiger partial charge in [-0.05, 0) is 36.8 Å². The van der Waals surface area contributed by atoms with Crippen LogP contribution in [0.2, 0.25) is 10.0 Å². The molecule has 0 aliphatic rings. The third-order valence-electron chi connectivity index (χ3n) is 4.10. The van der Waals surface area contributed by atoms with Crippen LogP contribution in [0.1, 0.15) is 18.3 Å². The number of nitrogens with zero attached hydrogens (tertiary/aromatic N) is 3. The van der Waals surface area contributed by atoms with Crippen LogP contribution >= 0.6 is 35.0 Å². The second-order valence-electron chi connectivity index (χ2n) is 6.20. The maximum absolute atomic E-state index is 13.2. The lowest BCUT2D eigenvalue weighted by atomic mass is 10.2. The number of ether oxygens (including phenoxy) is 1. The second kappa shape index (κ2) is 10.7. The number of nitrogens with one attached hydrogen (secondary N) is 1. The summed E-state index contributed by atoms with van der Waals surface area (Å²) in [4.78, 5) is 12.1. The summed E-state index contributed by atoms with van der Waals surface area (Å²) in [5, 5.41) is 12.4. The zero-order valence-corrected chi connectivity index (χ0v) is 18.4. The molecule has 0 bridgehead atoms. The van der Waals surface area contributed by atoms with Gasteiger partial charge in [0.15, 0.2) is 11.0 Å². The Labute approximate surface area is 187 Å². The smallest absolute Gasteiger partial charge is 0.230 e. The molecule has 3 rings (SSSR count). The van der Waals surface area contributed by atoms with Gasteiger partial charge in [0.25, 0.3) is 0 Å². The van der Waals surface area contributed by atoms with Gasteiger partial charge in [-0.25, -0.2) is 4.39 Å². The molecule has 1 heterocycles. The molecule has 3 aromatic rings. The highest BCUT2D eigenvalue weighted by atomic mass is 35.5. The minimum atomic E-state index is -0.506. The molecule has 0 saturated heterocycles. The number of rotatable bonds is 9. The van der Waals surface area contributed by atoms with Gasteiger partial charge in [-0.2, -0.15) is 0 Å². The van der Waals surface area contributed by atoms with E-state index in [9.17, 15) is 9.18 Å².